The van der Waals surface area contributed by atoms with Crippen LogP contribution in [0.3, 0.4) is 0 Å². The van der Waals surface area contributed by atoms with E-state index in [1.807, 2.05) is 32.0 Å². The summed E-state index contributed by atoms with van der Waals surface area (Å²) in [5.74, 6) is -0.727. The molecule has 0 aliphatic rings. The van der Waals surface area contributed by atoms with Crippen LogP contribution in [0.25, 0.3) is 10.2 Å². The van der Waals surface area contributed by atoms with Gasteiger partial charge in [0.25, 0.3) is 5.56 Å². The first-order chi connectivity index (χ1) is 13.5. The van der Waals surface area contributed by atoms with Gasteiger partial charge in [0.15, 0.2) is 6.61 Å². The lowest BCUT2D eigenvalue weighted by Crippen LogP contribution is -2.23. The van der Waals surface area contributed by atoms with Gasteiger partial charge in [0.1, 0.15) is 4.83 Å². The largest absolute Gasteiger partial charge is 0.457 e. The molecule has 0 aliphatic heterocycles. The summed E-state index contributed by atoms with van der Waals surface area (Å²) in [5, 5.41) is 2.35. The van der Waals surface area contributed by atoms with Crippen molar-refractivity contribution in [1.82, 2.24) is 9.55 Å². The topological polar surface area (TPSA) is 78.3 Å². The lowest BCUT2D eigenvalue weighted by Gasteiger charge is -2.10. The molecule has 0 unspecified atom stereocenters. The molecule has 0 aliphatic carbocycles. The number of carbonyl (C=O) groups excluding carboxylic acids is 2. The van der Waals surface area contributed by atoms with Gasteiger partial charge in [0, 0.05) is 12.1 Å². The number of hydrogen-bond donors (Lipinski definition) is 0. The van der Waals surface area contributed by atoms with Gasteiger partial charge in [-0.2, -0.15) is 0 Å². The molecule has 2 aromatic heterocycles. The van der Waals surface area contributed by atoms with Crippen molar-refractivity contribution in [3.8, 4) is 0 Å². The molecule has 0 fully saturated rings. The van der Waals surface area contributed by atoms with Crippen LogP contribution in [0.5, 0.6) is 0 Å². The molecule has 0 N–H and O–H groups in total. The second-order valence-corrected chi connectivity index (χ2v) is 7.31. The molecule has 146 valence electrons. The van der Waals surface area contributed by atoms with Crippen LogP contribution in [0.4, 0.5) is 0 Å². The van der Waals surface area contributed by atoms with Gasteiger partial charge in [-0.05, 0) is 41.5 Å². The van der Waals surface area contributed by atoms with Gasteiger partial charge in [-0.1, -0.05) is 26.0 Å². The highest BCUT2D eigenvalue weighted by Crippen LogP contribution is 2.15. The van der Waals surface area contributed by atoms with Crippen LogP contribution < -0.4 is 5.56 Å². The van der Waals surface area contributed by atoms with Crippen LogP contribution in [0.15, 0.2) is 40.8 Å². The molecule has 28 heavy (non-hydrogen) atoms. The molecule has 3 rings (SSSR count). The molecule has 3 aromatic rings. The molecule has 0 saturated heterocycles. The number of rotatable bonds is 8. The molecule has 6 nitrogen and oxygen atoms in total. The molecular formula is C21H22N2O4S. The molecule has 0 saturated carbocycles. The fraction of sp³-hybridized carbons (Fsp3) is 0.333. The van der Waals surface area contributed by atoms with Crippen LogP contribution in [0.1, 0.15) is 41.8 Å². The third kappa shape index (κ3) is 4.36. The Balaban J connectivity index is 1.59. The number of hydrogen-bond acceptors (Lipinski definition) is 6. The van der Waals surface area contributed by atoms with Crippen LogP contribution >= 0.6 is 11.3 Å². The molecule has 7 heteroatoms. The van der Waals surface area contributed by atoms with Gasteiger partial charge in [0.2, 0.25) is 5.78 Å². The smallest absolute Gasteiger partial charge is 0.308 e. The lowest BCUT2D eigenvalue weighted by molar-refractivity contribution is -0.142. The molecule has 0 atom stereocenters. The predicted molar refractivity (Wildman–Crippen MR) is 109 cm³/mol. The van der Waals surface area contributed by atoms with Crippen molar-refractivity contribution >= 4 is 33.3 Å². The average molecular weight is 398 g/mol. The number of esters is 1. The summed E-state index contributed by atoms with van der Waals surface area (Å²) in [6, 6.07) is 7.56. The number of ether oxygens (including phenoxy) is 1. The van der Waals surface area contributed by atoms with Crippen LogP contribution in [-0.4, -0.2) is 27.9 Å². The Hall–Kier alpha value is -2.80. The zero-order valence-corrected chi connectivity index (χ0v) is 16.8. The normalized spacial score (nSPS) is 10.9. The summed E-state index contributed by atoms with van der Waals surface area (Å²) in [5.41, 5.74) is 2.44. The summed E-state index contributed by atoms with van der Waals surface area (Å²) in [7, 11) is 0. The van der Waals surface area contributed by atoms with Crippen LogP contribution in [0.2, 0.25) is 0 Å². The Kier molecular flexibility index (Phi) is 6.36. The van der Waals surface area contributed by atoms with Gasteiger partial charge in [-0.25, -0.2) is 4.98 Å². The van der Waals surface area contributed by atoms with E-state index in [9.17, 15) is 14.4 Å². The molecule has 0 spiro atoms. The molecular weight excluding hydrogens is 376 g/mol. The first-order valence-electron chi connectivity index (χ1n) is 9.26. The minimum atomic E-state index is -0.518. The first kappa shape index (κ1) is 19.9. The number of fused-ring (bicyclic) bond motifs is 1. The lowest BCUT2D eigenvalue weighted by atomic mass is 9.98. The molecule has 2 heterocycles. The number of ketones is 1. The average Bonchev–Trinajstić information content (AvgIpc) is 3.20. The highest BCUT2D eigenvalue weighted by Gasteiger charge is 2.14. The highest BCUT2D eigenvalue weighted by molar-refractivity contribution is 7.16. The summed E-state index contributed by atoms with van der Waals surface area (Å²) in [4.78, 5) is 41.7. The fourth-order valence-corrected chi connectivity index (χ4v) is 3.70. The van der Waals surface area contributed by atoms with E-state index in [0.717, 1.165) is 24.0 Å². The van der Waals surface area contributed by atoms with Crippen molar-refractivity contribution in [3.05, 3.63) is 63.0 Å². The number of benzene rings is 1. The zero-order chi connectivity index (χ0) is 20.1. The zero-order valence-electron chi connectivity index (χ0n) is 15.9. The third-order valence-electron chi connectivity index (χ3n) is 4.64. The monoisotopic (exact) mass is 398 g/mol. The van der Waals surface area contributed by atoms with Crippen molar-refractivity contribution in [1.29, 1.82) is 0 Å². The first-order valence-corrected chi connectivity index (χ1v) is 10.1. The van der Waals surface area contributed by atoms with E-state index in [1.54, 1.807) is 11.4 Å². The van der Waals surface area contributed by atoms with Crippen LogP contribution in [-0.2, 0) is 28.9 Å². The molecule has 0 amide bonds. The number of carbonyl (C=O) groups is 2. The van der Waals surface area contributed by atoms with E-state index in [0.29, 0.717) is 15.8 Å². The summed E-state index contributed by atoms with van der Waals surface area (Å²) < 4.78 is 6.53. The highest BCUT2D eigenvalue weighted by atomic mass is 32.1. The van der Waals surface area contributed by atoms with Crippen molar-refractivity contribution in [3.63, 3.8) is 0 Å². The second kappa shape index (κ2) is 8.93. The Morgan fingerprint density at radius 3 is 2.75 bits per heavy atom. The van der Waals surface area contributed by atoms with Crippen molar-refractivity contribution < 1.29 is 14.3 Å². The quantitative estimate of drug-likeness (QED) is 0.429. The fourth-order valence-electron chi connectivity index (χ4n) is 2.97. The van der Waals surface area contributed by atoms with Crippen molar-refractivity contribution in [2.75, 3.05) is 6.61 Å². The summed E-state index contributed by atoms with van der Waals surface area (Å²) in [6.45, 7) is 3.88. The molecule has 0 bridgehead atoms. The standard InChI is InChI=1S/C21H22N2O4S/c1-3-14-5-6-15(4-2)17(11-14)18(24)12-27-19(25)7-9-23-13-22-20-16(21(23)26)8-10-28-20/h5-6,8,10-11,13H,3-4,7,9,12H2,1-2H3. The van der Waals surface area contributed by atoms with Gasteiger partial charge < -0.3 is 4.74 Å². The van der Waals surface area contributed by atoms with Gasteiger partial charge in [-0.15, -0.1) is 11.3 Å². The van der Waals surface area contributed by atoms with Gasteiger partial charge in [0.05, 0.1) is 18.1 Å². The number of aryl methyl sites for hydroxylation is 3. The minimum absolute atomic E-state index is 0.000144. The SMILES string of the molecule is CCc1ccc(CC)c(C(=O)COC(=O)CCn2cnc3sccc3c2=O)c1. The maximum Gasteiger partial charge on any atom is 0.308 e. The Morgan fingerprint density at radius 2 is 2.00 bits per heavy atom. The number of Topliss-reactive ketones (excluding diaryl/α,β-unsaturated/α-hetero) is 1. The number of thiophene rings is 1. The van der Waals surface area contributed by atoms with Crippen molar-refractivity contribution in [2.24, 2.45) is 0 Å². The third-order valence-corrected chi connectivity index (χ3v) is 5.46. The Bertz CT molecular complexity index is 1070. The van der Waals surface area contributed by atoms with E-state index < -0.39 is 5.97 Å². The molecule has 1 aromatic carbocycles. The number of aromatic nitrogens is 2. The minimum Gasteiger partial charge on any atom is -0.457 e. The summed E-state index contributed by atoms with van der Waals surface area (Å²) >= 11 is 1.40. The summed E-state index contributed by atoms with van der Waals surface area (Å²) in [6.07, 6.45) is 3.00. The van der Waals surface area contributed by atoms with Crippen molar-refractivity contribution in [2.45, 2.75) is 39.7 Å². The second-order valence-electron chi connectivity index (χ2n) is 6.42. The Labute approximate surface area is 166 Å². The molecule has 0 radical (unpaired) electrons. The maximum absolute atomic E-state index is 12.5. The van der Waals surface area contributed by atoms with E-state index in [1.165, 1.54) is 22.2 Å². The van der Waals surface area contributed by atoms with Gasteiger partial charge in [-0.3, -0.25) is 19.0 Å². The predicted octanol–water partition coefficient (Wildman–Crippen LogP) is 3.40. The Morgan fingerprint density at radius 1 is 1.18 bits per heavy atom. The number of nitrogens with zero attached hydrogens (tertiary/aromatic N) is 2. The van der Waals surface area contributed by atoms with Crippen LogP contribution in [0, 0.1) is 0 Å². The maximum atomic E-state index is 12.5. The van der Waals surface area contributed by atoms with E-state index in [-0.39, 0.29) is 30.9 Å². The van der Waals surface area contributed by atoms with E-state index >= 15 is 0 Å². The van der Waals surface area contributed by atoms with Gasteiger partial charge >= 0.3 is 5.97 Å². The van der Waals surface area contributed by atoms with E-state index in [2.05, 4.69) is 4.98 Å². The van der Waals surface area contributed by atoms with E-state index in [4.69, 9.17) is 4.74 Å².